The normalized spacial score (nSPS) is 14.5. The Morgan fingerprint density at radius 1 is 1.21 bits per heavy atom. The number of urea groups is 1. The quantitative estimate of drug-likeness (QED) is 0.259. The zero-order valence-electron chi connectivity index (χ0n) is 19.6. The number of ether oxygens (including phenoxy) is 2. The van der Waals surface area contributed by atoms with Gasteiger partial charge in [0.2, 0.25) is 5.91 Å². The largest absolute Gasteiger partial charge is 0.490 e. The highest BCUT2D eigenvalue weighted by Crippen LogP contribution is 2.35. The van der Waals surface area contributed by atoms with Crippen LogP contribution in [0.15, 0.2) is 42.1 Å². The molecule has 1 aliphatic rings. The van der Waals surface area contributed by atoms with Gasteiger partial charge in [0, 0.05) is 5.69 Å². The van der Waals surface area contributed by atoms with Crippen LogP contribution in [-0.2, 0) is 16.0 Å². The molecule has 0 radical (unpaired) electrons. The topological polar surface area (TPSA) is 97.0 Å². The number of hydrogen-bond donors (Lipinski definition) is 2. The molecule has 1 saturated heterocycles. The molecule has 0 bridgehead atoms. The van der Waals surface area contributed by atoms with E-state index < -0.39 is 17.8 Å². The molecule has 9 heteroatoms. The van der Waals surface area contributed by atoms with E-state index in [4.69, 9.17) is 9.47 Å². The standard InChI is InChI=1S/C25H28IN3O5/c1-5-17-9-7-8-10-19(17)27-22(30)14-29-24(31)20(28-25(29)32)12-16-11-18(26)23(34-15(3)4)21(13-16)33-6-2/h7-13,15H,5-6,14H2,1-4H3,(H,27,30)(H,28,32)/b20-12+. The van der Waals surface area contributed by atoms with E-state index in [9.17, 15) is 14.4 Å². The molecule has 2 N–H and O–H groups in total. The number of halogens is 1. The summed E-state index contributed by atoms with van der Waals surface area (Å²) in [5, 5.41) is 5.34. The SMILES string of the molecule is CCOc1cc(/C=C2/NC(=O)N(CC(=O)Nc3ccccc3CC)C2=O)cc(I)c1OC(C)C. The minimum Gasteiger partial charge on any atom is -0.490 e. The zero-order chi connectivity index (χ0) is 24.8. The molecule has 1 aliphatic heterocycles. The van der Waals surface area contributed by atoms with Crippen molar-refractivity contribution in [3.05, 3.63) is 56.8 Å². The van der Waals surface area contributed by atoms with Crippen molar-refractivity contribution in [1.29, 1.82) is 0 Å². The summed E-state index contributed by atoms with van der Waals surface area (Å²) in [5.74, 6) is 0.165. The van der Waals surface area contributed by atoms with Crippen LogP contribution in [0.4, 0.5) is 10.5 Å². The first kappa shape index (κ1) is 25.5. The van der Waals surface area contributed by atoms with Crippen molar-refractivity contribution in [2.75, 3.05) is 18.5 Å². The molecule has 3 rings (SSSR count). The van der Waals surface area contributed by atoms with Crippen LogP contribution in [0, 0.1) is 3.57 Å². The lowest BCUT2D eigenvalue weighted by Gasteiger charge is -2.17. The Kier molecular flexibility index (Phi) is 8.54. The molecule has 0 aliphatic carbocycles. The summed E-state index contributed by atoms with van der Waals surface area (Å²) in [6.07, 6.45) is 2.28. The summed E-state index contributed by atoms with van der Waals surface area (Å²) in [6.45, 7) is 7.78. The van der Waals surface area contributed by atoms with Gasteiger partial charge in [-0.05, 0) is 85.2 Å². The van der Waals surface area contributed by atoms with Gasteiger partial charge in [0.25, 0.3) is 5.91 Å². The number of hydrogen-bond acceptors (Lipinski definition) is 5. The molecule has 1 fully saturated rings. The van der Waals surface area contributed by atoms with Gasteiger partial charge in [0.05, 0.1) is 16.3 Å². The smallest absolute Gasteiger partial charge is 0.329 e. The highest BCUT2D eigenvalue weighted by molar-refractivity contribution is 14.1. The first-order valence-corrected chi connectivity index (χ1v) is 12.2. The van der Waals surface area contributed by atoms with Gasteiger partial charge in [-0.1, -0.05) is 25.1 Å². The molecule has 34 heavy (non-hydrogen) atoms. The fourth-order valence-electron chi connectivity index (χ4n) is 3.45. The number of imide groups is 1. The molecule has 8 nitrogen and oxygen atoms in total. The Morgan fingerprint density at radius 2 is 1.94 bits per heavy atom. The third-order valence-corrected chi connectivity index (χ3v) is 5.73. The zero-order valence-corrected chi connectivity index (χ0v) is 21.8. The first-order chi connectivity index (χ1) is 16.2. The number of aryl methyl sites for hydroxylation is 1. The predicted octanol–water partition coefficient (Wildman–Crippen LogP) is 4.57. The lowest BCUT2D eigenvalue weighted by Crippen LogP contribution is -2.38. The summed E-state index contributed by atoms with van der Waals surface area (Å²) in [7, 11) is 0. The van der Waals surface area contributed by atoms with E-state index in [1.54, 1.807) is 18.2 Å². The van der Waals surface area contributed by atoms with E-state index in [0.29, 0.717) is 29.4 Å². The maximum absolute atomic E-state index is 12.9. The Bertz CT molecular complexity index is 1130. The van der Waals surface area contributed by atoms with Crippen LogP contribution in [0.2, 0.25) is 0 Å². The van der Waals surface area contributed by atoms with Gasteiger partial charge < -0.3 is 20.1 Å². The van der Waals surface area contributed by atoms with E-state index in [-0.39, 0.29) is 18.3 Å². The molecule has 180 valence electrons. The number of carbonyl (C=O) groups is 3. The van der Waals surface area contributed by atoms with Crippen molar-refractivity contribution < 1.29 is 23.9 Å². The van der Waals surface area contributed by atoms with Gasteiger partial charge in [-0.25, -0.2) is 9.69 Å². The summed E-state index contributed by atoms with van der Waals surface area (Å²) in [4.78, 5) is 38.7. The second-order valence-corrected chi connectivity index (χ2v) is 9.03. The van der Waals surface area contributed by atoms with Crippen LogP contribution < -0.4 is 20.1 Å². The highest BCUT2D eigenvalue weighted by Gasteiger charge is 2.35. The number of rotatable bonds is 9. The Balaban J connectivity index is 1.78. The molecule has 0 unspecified atom stereocenters. The molecule has 0 saturated carbocycles. The van der Waals surface area contributed by atoms with Gasteiger partial charge in [0.15, 0.2) is 11.5 Å². The maximum Gasteiger partial charge on any atom is 0.329 e. The summed E-state index contributed by atoms with van der Waals surface area (Å²) in [5.41, 5.74) is 2.39. The molecule has 1 heterocycles. The second kappa shape index (κ2) is 11.4. The average molecular weight is 577 g/mol. The van der Waals surface area contributed by atoms with Crippen LogP contribution in [0.5, 0.6) is 11.5 Å². The van der Waals surface area contributed by atoms with Crippen molar-refractivity contribution >= 4 is 52.2 Å². The van der Waals surface area contributed by atoms with Crippen molar-refractivity contribution in [1.82, 2.24) is 10.2 Å². The van der Waals surface area contributed by atoms with Gasteiger partial charge in [-0.15, -0.1) is 0 Å². The highest BCUT2D eigenvalue weighted by atomic mass is 127. The molecular weight excluding hydrogens is 549 g/mol. The van der Waals surface area contributed by atoms with E-state index in [1.807, 2.05) is 52.0 Å². The van der Waals surface area contributed by atoms with Crippen LogP contribution in [-0.4, -0.2) is 42.0 Å². The predicted molar refractivity (Wildman–Crippen MR) is 139 cm³/mol. The van der Waals surface area contributed by atoms with Crippen molar-refractivity contribution in [2.45, 2.75) is 40.2 Å². The molecular formula is C25H28IN3O5. The van der Waals surface area contributed by atoms with E-state index in [2.05, 4.69) is 33.2 Å². The molecule has 4 amide bonds. The van der Waals surface area contributed by atoms with E-state index >= 15 is 0 Å². The number of anilines is 1. The number of para-hydroxylation sites is 1. The van der Waals surface area contributed by atoms with Crippen LogP contribution in [0.1, 0.15) is 38.8 Å². The fourth-order valence-corrected chi connectivity index (χ4v) is 4.20. The number of nitrogens with one attached hydrogen (secondary N) is 2. The molecule has 2 aromatic rings. The van der Waals surface area contributed by atoms with Crippen molar-refractivity contribution in [3.8, 4) is 11.5 Å². The van der Waals surface area contributed by atoms with Crippen molar-refractivity contribution in [3.63, 3.8) is 0 Å². The average Bonchev–Trinajstić information content (AvgIpc) is 3.03. The monoisotopic (exact) mass is 577 g/mol. The van der Waals surface area contributed by atoms with Crippen LogP contribution >= 0.6 is 22.6 Å². The minimum absolute atomic E-state index is 0.0309. The lowest BCUT2D eigenvalue weighted by atomic mass is 10.1. The summed E-state index contributed by atoms with van der Waals surface area (Å²) in [6, 6.07) is 10.4. The lowest BCUT2D eigenvalue weighted by molar-refractivity contribution is -0.127. The van der Waals surface area contributed by atoms with E-state index in [0.717, 1.165) is 20.5 Å². The third kappa shape index (κ3) is 6.07. The van der Waals surface area contributed by atoms with Gasteiger partial charge in [-0.2, -0.15) is 0 Å². The summed E-state index contributed by atoms with van der Waals surface area (Å²) < 4.78 is 12.4. The first-order valence-electron chi connectivity index (χ1n) is 11.1. The number of benzene rings is 2. The number of carbonyl (C=O) groups excluding carboxylic acids is 3. The number of nitrogens with zero attached hydrogens (tertiary/aromatic N) is 1. The molecule has 2 aromatic carbocycles. The maximum atomic E-state index is 12.9. The van der Waals surface area contributed by atoms with Crippen molar-refractivity contribution in [2.24, 2.45) is 0 Å². The van der Waals surface area contributed by atoms with Gasteiger partial charge >= 0.3 is 6.03 Å². The molecule has 0 atom stereocenters. The fraction of sp³-hybridized carbons (Fsp3) is 0.320. The molecule has 0 aromatic heterocycles. The van der Waals surface area contributed by atoms with E-state index in [1.165, 1.54) is 0 Å². The van der Waals surface area contributed by atoms with Crippen LogP contribution in [0.3, 0.4) is 0 Å². The molecule has 0 spiro atoms. The summed E-state index contributed by atoms with van der Waals surface area (Å²) >= 11 is 2.15. The Hall–Kier alpha value is -3.08. The minimum atomic E-state index is -0.644. The van der Waals surface area contributed by atoms with Gasteiger partial charge in [-0.3, -0.25) is 9.59 Å². The number of amides is 4. The van der Waals surface area contributed by atoms with Gasteiger partial charge in [0.1, 0.15) is 12.2 Å². The third-order valence-electron chi connectivity index (χ3n) is 4.93. The Labute approximate surface area is 212 Å². The Morgan fingerprint density at radius 3 is 2.62 bits per heavy atom. The van der Waals surface area contributed by atoms with Crippen LogP contribution in [0.25, 0.3) is 6.08 Å². The second-order valence-electron chi connectivity index (χ2n) is 7.87.